The number of hydrogen-bond acceptors (Lipinski definition) is 6. The fraction of sp³-hybridized carbons (Fsp3) is 0.400. The molecule has 0 amide bonds. The van der Waals surface area contributed by atoms with Gasteiger partial charge in [0.2, 0.25) is 0 Å². The Morgan fingerprint density at radius 2 is 2.21 bits per heavy atom. The molecule has 0 saturated carbocycles. The normalized spacial score (nSPS) is 27.0. The zero-order valence-electron chi connectivity index (χ0n) is 16.0. The second-order valence-corrected chi connectivity index (χ2v) is 9.97. The molecular weight excluding hydrogens is 393 g/mol. The fourth-order valence-electron chi connectivity index (χ4n) is 3.91. The van der Waals surface area contributed by atoms with E-state index in [0.717, 1.165) is 34.5 Å². The largest absolute Gasteiger partial charge is 0.377 e. The summed E-state index contributed by atoms with van der Waals surface area (Å²) in [7, 11) is -2.56. The Labute approximate surface area is 168 Å². The lowest BCUT2D eigenvalue weighted by Gasteiger charge is -2.35. The Bertz CT molecular complexity index is 1170. The summed E-state index contributed by atoms with van der Waals surface area (Å²) < 4.78 is 36.0. The van der Waals surface area contributed by atoms with Crippen LogP contribution < -0.4 is 4.90 Å². The molecule has 2 aliphatic rings. The maximum Gasteiger partial charge on any atom is 0.164 e. The monoisotopic (exact) mass is 415 g/mol. The number of H-pyrrole nitrogens is 1. The summed E-state index contributed by atoms with van der Waals surface area (Å²) >= 11 is 0. The van der Waals surface area contributed by atoms with Crippen LogP contribution in [0.2, 0.25) is 0 Å². The van der Waals surface area contributed by atoms with Crippen LogP contribution in [0.3, 0.4) is 0 Å². The van der Waals surface area contributed by atoms with Crippen molar-refractivity contribution in [1.29, 1.82) is 0 Å². The number of nitrogens with one attached hydrogen (secondary N) is 1. The molecule has 152 valence electrons. The van der Waals surface area contributed by atoms with Crippen LogP contribution in [-0.4, -0.2) is 62.6 Å². The Morgan fingerprint density at radius 3 is 3.00 bits per heavy atom. The fourth-order valence-corrected chi connectivity index (χ4v) is 5.53. The number of fused-ring (bicyclic) bond motifs is 1. The third kappa shape index (κ3) is 3.49. The van der Waals surface area contributed by atoms with Crippen LogP contribution in [-0.2, 0) is 14.5 Å². The number of anilines is 1. The first-order chi connectivity index (χ1) is 14.0. The van der Waals surface area contributed by atoms with Crippen molar-refractivity contribution < 1.29 is 13.3 Å². The summed E-state index contributed by atoms with van der Waals surface area (Å²) in [4.78, 5) is 14.4. The molecule has 29 heavy (non-hydrogen) atoms. The van der Waals surface area contributed by atoms with Crippen molar-refractivity contribution in [1.82, 2.24) is 15.0 Å². The maximum absolute atomic E-state index is 13.3. The number of ether oxygens (including phenoxy) is 1. The van der Waals surface area contributed by atoms with E-state index in [9.17, 15) is 8.60 Å². The molecule has 1 atom stereocenters. The average molecular weight is 415 g/mol. The van der Waals surface area contributed by atoms with Crippen LogP contribution in [0, 0.1) is 0 Å². The number of halogens is 1. The molecule has 0 aliphatic carbocycles. The van der Waals surface area contributed by atoms with E-state index in [0.29, 0.717) is 19.0 Å². The number of aromatic amines is 1. The number of aromatic nitrogens is 3. The summed E-state index contributed by atoms with van der Waals surface area (Å²) in [5.74, 6) is 0.354. The highest BCUT2D eigenvalue weighted by Gasteiger charge is 2.32. The number of hydrogen-bond donors (Lipinski definition) is 1. The smallest absolute Gasteiger partial charge is 0.164 e. The molecule has 2 aliphatic heterocycles. The molecule has 5 heterocycles. The molecule has 7 nitrogen and oxygen atoms in total. The van der Waals surface area contributed by atoms with Crippen molar-refractivity contribution in [2.75, 3.05) is 36.2 Å². The molecule has 9 heteroatoms. The van der Waals surface area contributed by atoms with Gasteiger partial charge in [0.15, 0.2) is 5.82 Å². The first-order valence-corrected chi connectivity index (χ1v) is 11.5. The van der Waals surface area contributed by atoms with Gasteiger partial charge in [-0.3, -0.25) is 0 Å². The van der Waals surface area contributed by atoms with Gasteiger partial charge in [-0.2, -0.15) is 4.36 Å². The Kier molecular flexibility index (Phi) is 4.51. The van der Waals surface area contributed by atoms with E-state index < -0.39 is 15.9 Å². The molecule has 2 saturated heterocycles. The molecule has 0 spiro atoms. The highest BCUT2D eigenvalue weighted by atomic mass is 32.2. The summed E-state index contributed by atoms with van der Waals surface area (Å²) in [5, 5.41) is 0.953. The molecule has 0 unspecified atom stereocenters. The molecule has 0 bridgehead atoms. The number of pyridine rings is 2. The van der Waals surface area contributed by atoms with Crippen molar-refractivity contribution in [2.24, 2.45) is 4.36 Å². The number of morpholine rings is 1. The van der Waals surface area contributed by atoms with Gasteiger partial charge < -0.3 is 14.6 Å². The second kappa shape index (κ2) is 7.07. The van der Waals surface area contributed by atoms with E-state index >= 15 is 0 Å². The molecule has 3 aromatic rings. The van der Waals surface area contributed by atoms with E-state index in [2.05, 4.69) is 31.1 Å². The quantitative estimate of drug-likeness (QED) is 0.710. The van der Waals surface area contributed by atoms with Crippen molar-refractivity contribution in [2.45, 2.75) is 19.1 Å². The molecule has 1 N–H and O–H groups in total. The van der Waals surface area contributed by atoms with Crippen molar-refractivity contribution in [3.05, 3.63) is 36.7 Å². The van der Waals surface area contributed by atoms with Crippen LogP contribution in [0.4, 0.5) is 15.9 Å². The van der Waals surface area contributed by atoms with Gasteiger partial charge in [-0.25, -0.2) is 18.6 Å². The number of rotatable bonds is 3. The van der Waals surface area contributed by atoms with E-state index in [-0.39, 0.29) is 17.5 Å². The molecular formula is C20H22FN5O2S. The highest BCUT2D eigenvalue weighted by molar-refractivity contribution is 7.95. The average Bonchev–Trinajstić information content (AvgIpc) is 3.15. The Hall–Kier alpha value is -2.52. The van der Waals surface area contributed by atoms with Gasteiger partial charge >= 0.3 is 0 Å². The lowest BCUT2D eigenvalue weighted by atomic mass is 10.1. The molecule has 3 aromatic heterocycles. The minimum absolute atomic E-state index is 0.0144. The third-order valence-electron chi connectivity index (χ3n) is 5.37. The van der Waals surface area contributed by atoms with Crippen molar-refractivity contribution in [3.63, 3.8) is 0 Å². The molecule has 0 aromatic carbocycles. The van der Waals surface area contributed by atoms with E-state index in [4.69, 9.17) is 4.74 Å². The van der Waals surface area contributed by atoms with Gasteiger partial charge in [-0.1, -0.05) is 0 Å². The zero-order valence-corrected chi connectivity index (χ0v) is 16.9. The van der Waals surface area contributed by atoms with Gasteiger partial charge in [0.05, 0.1) is 40.1 Å². The minimum Gasteiger partial charge on any atom is -0.377 e. The van der Waals surface area contributed by atoms with E-state index in [1.807, 2.05) is 30.5 Å². The molecule has 0 radical (unpaired) electrons. The predicted molar refractivity (Wildman–Crippen MR) is 112 cm³/mol. The SMILES string of the molecule is C[C@@H]1COCCN1c1cc(N=S2(=O)CC(F)C2)nc(-c2ccnc3[nH]ccc23)c1. The number of alkyl halides is 1. The van der Waals surface area contributed by atoms with E-state index in [1.54, 1.807) is 6.20 Å². The van der Waals surface area contributed by atoms with Crippen molar-refractivity contribution >= 4 is 32.3 Å². The van der Waals surface area contributed by atoms with Gasteiger partial charge in [-0.15, -0.1) is 0 Å². The van der Waals surface area contributed by atoms with Gasteiger partial charge in [0, 0.05) is 47.7 Å². The van der Waals surface area contributed by atoms with Crippen LogP contribution in [0.15, 0.2) is 41.0 Å². The number of nitrogens with zero attached hydrogens (tertiary/aromatic N) is 4. The van der Waals surface area contributed by atoms with Crippen LogP contribution in [0.25, 0.3) is 22.3 Å². The highest BCUT2D eigenvalue weighted by Crippen LogP contribution is 2.33. The van der Waals surface area contributed by atoms with Gasteiger partial charge in [0.1, 0.15) is 11.8 Å². The summed E-state index contributed by atoms with van der Waals surface area (Å²) in [6, 6.07) is 7.94. The molecule has 5 rings (SSSR count). The summed E-state index contributed by atoms with van der Waals surface area (Å²) in [6.45, 7) is 4.14. The minimum atomic E-state index is -2.56. The topological polar surface area (TPSA) is 83.5 Å². The standard InChI is InChI=1S/C20H22FN5O2S/c1-13-10-28-7-6-26(13)15-8-18(16-2-4-22-20-17(16)3-5-23-20)24-19(9-15)25-29(27)11-14(21)12-29/h2-5,8-9,13-14H,6-7,10-12H2,1H3,(H,22,23)/t13-,14?,29?/m1/s1. The van der Waals surface area contributed by atoms with Gasteiger partial charge in [0.25, 0.3) is 0 Å². The Morgan fingerprint density at radius 1 is 1.34 bits per heavy atom. The third-order valence-corrected chi connectivity index (χ3v) is 7.66. The van der Waals surface area contributed by atoms with Crippen LogP contribution in [0.1, 0.15) is 6.92 Å². The van der Waals surface area contributed by atoms with E-state index in [1.165, 1.54) is 0 Å². The second-order valence-electron chi connectivity index (χ2n) is 7.58. The first kappa shape index (κ1) is 18.5. The van der Waals surface area contributed by atoms with Crippen molar-refractivity contribution in [3.8, 4) is 11.3 Å². The van der Waals surface area contributed by atoms with Crippen LogP contribution >= 0.6 is 0 Å². The first-order valence-electron chi connectivity index (χ1n) is 9.66. The summed E-state index contributed by atoms with van der Waals surface area (Å²) in [6.07, 6.45) is 2.54. The summed E-state index contributed by atoms with van der Waals surface area (Å²) in [5.41, 5.74) is 3.37. The Balaban J connectivity index is 1.66. The van der Waals surface area contributed by atoms with Crippen LogP contribution in [0.5, 0.6) is 0 Å². The molecule has 2 fully saturated rings. The maximum atomic E-state index is 13.3. The van der Waals surface area contributed by atoms with Gasteiger partial charge in [-0.05, 0) is 25.1 Å². The lowest BCUT2D eigenvalue weighted by Crippen LogP contribution is -2.43. The lowest BCUT2D eigenvalue weighted by molar-refractivity contribution is 0.0989. The predicted octanol–water partition coefficient (Wildman–Crippen LogP) is 3.30. The zero-order chi connectivity index (χ0) is 20.0.